The van der Waals surface area contributed by atoms with Crippen molar-refractivity contribution in [2.24, 2.45) is 5.14 Å². The molecule has 0 atom stereocenters. The van der Waals surface area contributed by atoms with Gasteiger partial charge in [0, 0.05) is 6.54 Å². The molecule has 1 aromatic carbocycles. The quantitative estimate of drug-likeness (QED) is 0.891. The van der Waals surface area contributed by atoms with Crippen molar-refractivity contribution in [3.8, 4) is 11.4 Å². The predicted molar refractivity (Wildman–Crippen MR) is 62.5 cm³/mol. The summed E-state index contributed by atoms with van der Waals surface area (Å²) in [7, 11) is -3.98. The Labute approximate surface area is 103 Å². The molecule has 0 bridgehead atoms. The molecule has 0 aliphatic carbocycles. The summed E-state index contributed by atoms with van der Waals surface area (Å²) in [5.74, 6) is -0.361. The highest BCUT2D eigenvalue weighted by Gasteiger charge is 2.22. The number of hydrogen-bond acceptors (Lipinski definition) is 4. The third-order valence-corrected chi connectivity index (χ3v) is 3.21. The van der Waals surface area contributed by atoms with E-state index in [9.17, 15) is 12.8 Å². The Bertz CT molecular complexity index is 681. The summed E-state index contributed by atoms with van der Waals surface area (Å²) >= 11 is 0. The van der Waals surface area contributed by atoms with E-state index in [1.807, 2.05) is 0 Å². The van der Waals surface area contributed by atoms with Gasteiger partial charge in [0.1, 0.15) is 5.82 Å². The van der Waals surface area contributed by atoms with Crippen LogP contribution < -0.4 is 5.14 Å². The maximum atomic E-state index is 13.6. The number of nitrogens with zero attached hydrogens (tertiary/aromatic N) is 3. The number of hydrogen-bond donors (Lipinski definition) is 1. The Morgan fingerprint density at radius 1 is 1.33 bits per heavy atom. The van der Waals surface area contributed by atoms with Crippen molar-refractivity contribution in [2.75, 3.05) is 0 Å². The Morgan fingerprint density at radius 2 is 2.00 bits per heavy atom. The summed E-state index contributed by atoms with van der Waals surface area (Å²) in [5.41, 5.74) is 0.182. The van der Waals surface area contributed by atoms with Crippen LogP contribution in [0.25, 0.3) is 11.4 Å². The highest BCUT2D eigenvalue weighted by atomic mass is 32.2. The standard InChI is InChI=1S/C10H11FN4O2S/c1-2-15-9(7-5-3-4-6-8(7)11)13-14-10(15)18(12,16)17/h3-6H,2H2,1H3,(H2,12,16,17). The molecule has 0 fully saturated rings. The maximum Gasteiger partial charge on any atom is 0.273 e. The Balaban J connectivity index is 2.68. The molecule has 1 aromatic heterocycles. The van der Waals surface area contributed by atoms with Crippen LogP contribution in [-0.4, -0.2) is 23.2 Å². The van der Waals surface area contributed by atoms with Crippen LogP contribution in [0, 0.1) is 5.82 Å². The molecule has 6 nitrogen and oxygen atoms in total. The topological polar surface area (TPSA) is 90.9 Å². The SMILES string of the molecule is CCn1c(-c2ccccc2F)nnc1S(N)(=O)=O. The van der Waals surface area contributed by atoms with Gasteiger partial charge < -0.3 is 0 Å². The van der Waals surface area contributed by atoms with E-state index in [0.717, 1.165) is 0 Å². The fourth-order valence-electron chi connectivity index (χ4n) is 1.63. The van der Waals surface area contributed by atoms with Gasteiger partial charge in [-0.1, -0.05) is 12.1 Å². The summed E-state index contributed by atoms with van der Waals surface area (Å²) < 4.78 is 37.5. The molecule has 0 radical (unpaired) electrons. The fraction of sp³-hybridized carbons (Fsp3) is 0.200. The first-order valence-corrected chi connectivity index (χ1v) is 6.70. The van der Waals surface area contributed by atoms with Crippen LogP contribution in [0.5, 0.6) is 0 Å². The first-order valence-electron chi connectivity index (χ1n) is 5.16. The molecule has 96 valence electrons. The zero-order chi connectivity index (χ0) is 13.3. The average molecular weight is 270 g/mol. The average Bonchev–Trinajstić information content (AvgIpc) is 2.72. The molecule has 0 saturated heterocycles. The van der Waals surface area contributed by atoms with E-state index in [-0.39, 0.29) is 23.1 Å². The number of rotatable bonds is 3. The molecule has 8 heteroatoms. The second kappa shape index (κ2) is 4.46. The lowest BCUT2D eigenvalue weighted by atomic mass is 10.2. The van der Waals surface area contributed by atoms with Gasteiger partial charge in [-0.3, -0.25) is 4.57 Å². The van der Waals surface area contributed by atoms with Gasteiger partial charge >= 0.3 is 0 Å². The molecule has 2 aromatic rings. The minimum Gasteiger partial charge on any atom is -0.297 e. The summed E-state index contributed by atoms with van der Waals surface area (Å²) in [5, 5.41) is 11.9. The monoisotopic (exact) mass is 270 g/mol. The Morgan fingerprint density at radius 3 is 2.56 bits per heavy atom. The predicted octanol–water partition coefficient (Wildman–Crippen LogP) is 0.751. The fourth-order valence-corrected chi connectivity index (χ4v) is 2.30. The van der Waals surface area contributed by atoms with E-state index in [0.29, 0.717) is 0 Å². The lowest BCUT2D eigenvalue weighted by Gasteiger charge is -2.06. The van der Waals surface area contributed by atoms with Gasteiger partial charge in [-0.25, -0.2) is 17.9 Å². The van der Waals surface area contributed by atoms with Crippen molar-refractivity contribution in [2.45, 2.75) is 18.6 Å². The first kappa shape index (κ1) is 12.7. The number of benzene rings is 1. The van der Waals surface area contributed by atoms with Gasteiger partial charge in [-0.15, -0.1) is 10.2 Å². The highest BCUT2D eigenvalue weighted by Crippen LogP contribution is 2.22. The minimum atomic E-state index is -3.98. The first-order chi connectivity index (χ1) is 8.45. The third-order valence-electron chi connectivity index (χ3n) is 2.40. The molecule has 0 saturated carbocycles. The molecular weight excluding hydrogens is 259 g/mol. The smallest absolute Gasteiger partial charge is 0.273 e. The normalized spacial score (nSPS) is 11.7. The van der Waals surface area contributed by atoms with E-state index in [1.165, 1.54) is 22.8 Å². The van der Waals surface area contributed by atoms with Crippen molar-refractivity contribution in [1.29, 1.82) is 0 Å². The van der Waals surface area contributed by atoms with E-state index in [2.05, 4.69) is 10.2 Å². The zero-order valence-electron chi connectivity index (χ0n) is 9.54. The minimum absolute atomic E-state index is 0.139. The van der Waals surface area contributed by atoms with Crippen molar-refractivity contribution in [1.82, 2.24) is 14.8 Å². The summed E-state index contributed by atoms with van der Waals surface area (Å²) in [4.78, 5) is 0. The van der Waals surface area contributed by atoms with Crippen LogP contribution in [0.4, 0.5) is 4.39 Å². The van der Waals surface area contributed by atoms with Gasteiger partial charge in [-0.2, -0.15) is 0 Å². The van der Waals surface area contributed by atoms with E-state index in [4.69, 9.17) is 5.14 Å². The van der Waals surface area contributed by atoms with Crippen molar-refractivity contribution in [3.63, 3.8) is 0 Å². The third kappa shape index (κ3) is 2.12. The summed E-state index contributed by atoms with van der Waals surface area (Å²) in [6.45, 7) is 1.96. The molecule has 0 aliphatic heterocycles. The Kier molecular flexibility index (Phi) is 3.14. The van der Waals surface area contributed by atoms with Gasteiger partial charge in [0.15, 0.2) is 5.82 Å². The van der Waals surface area contributed by atoms with Crippen molar-refractivity contribution < 1.29 is 12.8 Å². The number of primary sulfonamides is 1. The number of halogens is 1. The largest absolute Gasteiger partial charge is 0.297 e. The van der Waals surface area contributed by atoms with Crippen LogP contribution >= 0.6 is 0 Å². The molecule has 0 aliphatic rings. The van der Waals surface area contributed by atoms with Gasteiger partial charge in [0.05, 0.1) is 5.56 Å². The lowest BCUT2D eigenvalue weighted by molar-refractivity contribution is 0.569. The van der Waals surface area contributed by atoms with E-state index in [1.54, 1.807) is 13.0 Å². The van der Waals surface area contributed by atoms with Crippen molar-refractivity contribution in [3.05, 3.63) is 30.1 Å². The zero-order valence-corrected chi connectivity index (χ0v) is 10.4. The van der Waals surface area contributed by atoms with Crippen molar-refractivity contribution >= 4 is 10.0 Å². The van der Waals surface area contributed by atoms with Crippen LogP contribution in [0.3, 0.4) is 0 Å². The molecule has 1 heterocycles. The van der Waals surface area contributed by atoms with Gasteiger partial charge in [0.25, 0.3) is 15.2 Å². The molecule has 2 N–H and O–H groups in total. The lowest BCUT2D eigenvalue weighted by Crippen LogP contribution is -2.18. The van der Waals surface area contributed by atoms with Crippen LogP contribution in [0.15, 0.2) is 29.4 Å². The van der Waals surface area contributed by atoms with Crippen LogP contribution in [0.2, 0.25) is 0 Å². The van der Waals surface area contributed by atoms with E-state index < -0.39 is 15.8 Å². The maximum absolute atomic E-state index is 13.6. The second-order valence-corrected chi connectivity index (χ2v) is 5.03. The van der Waals surface area contributed by atoms with Crippen LogP contribution in [0.1, 0.15) is 6.92 Å². The second-order valence-electron chi connectivity index (χ2n) is 3.58. The number of sulfonamides is 1. The van der Waals surface area contributed by atoms with E-state index >= 15 is 0 Å². The van der Waals surface area contributed by atoms with Crippen LogP contribution in [-0.2, 0) is 16.6 Å². The molecule has 0 spiro atoms. The Hall–Kier alpha value is -1.80. The summed E-state index contributed by atoms with van der Waals surface area (Å²) in [6, 6.07) is 5.93. The number of aromatic nitrogens is 3. The molecule has 0 unspecified atom stereocenters. The number of nitrogens with two attached hydrogens (primary N) is 1. The highest BCUT2D eigenvalue weighted by molar-refractivity contribution is 7.89. The van der Waals surface area contributed by atoms with Gasteiger partial charge in [0.2, 0.25) is 0 Å². The molecule has 0 amide bonds. The molecule has 2 rings (SSSR count). The molecule has 18 heavy (non-hydrogen) atoms. The van der Waals surface area contributed by atoms with Gasteiger partial charge in [-0.05, 0) is 19.1 Å². The molecular formula is C10H11FN4O2S. The summed E-state index contributed by atoms with van der Waals surface area (Å²) in [6.07, 6.45) is 0.